The summed E-state index contributed by atoms with van der Waals surface area (Å²) in [5.74, 6) is -0.294. The quantitative estimate of drug-likeness (QED) is 0.873. The first-order valence-corrected chi connectivity index (χ1v) is 7.58. The molecule has 1 heterocycles. The lowest BCUT2D eigenvalue weighted by atomic mass is 9.95. The molecule has 2 amide bonds. The molecular weight excluding hydrogens is 294 g/mol. The summed E-state index contributed by atoms with van der Waals surface area (Å²) < 4.78 is 5.22. The van der Waals surface area contributed by atoms with Crippen molar-refractivity contribution < 1.29 is 14.3 Å². The van der Waals surface area contributed by atoms with Crippen LogP contribution in [0.4, 0.5) is 0 Å². The van der Waals surface area contributed by atoms with Crippen LogP contribution in [-0.2, 0) is 20.7 Å². The molecule has 0 aromatic heterocycles. The van der Waals surface area contributed by atoms with E-state index in [1.165, 1.54) is 7.11 Å². The molecule has 0 radical (unpaired) electrons. The van der Waals surface area contributed by atoms with E-state index < -0.39 is 5.54 Å². The Bertz CT molecular complexity index is 621. The molecular formula is C17H21N3O3. The maximum atomic E-state index is 12.7. The maximum absolute atomic E-state index is 12.7. The minimum Gasteiger partial charge on any atom is -0.382 e. The van der Waals surface area contributed by atoms with Crippen molar-refractivity contribution in [2.75, 3.05) is 27.3 Å². The van der Waals surface area contributed by atoms with Crippen molar-refractivity contribution in [3.63, 3.8) is 0 Å². The van der Waals surface area contributed by atoms with E-state index in [0.29, 0.717) is 18.5 Å². The summed E-state index contributed by atoms with van der Waals surface area (Å²) >= 11 is 0. The van der Waals surface area contributed by atoms with E-state index in [9.17, 15) is 9.59 Å². The molecule has 1 unspecified atom stereocenters. The van der Waals surface area contributed by atoms with Crippen molar-refractivity contribution in [2.24, 2.45) is 0 Å². The van der Waals surface area contributed by atoms with Gasteiger partial charge in [0.25, 0.3) is 0 Å². The number of benzene rings is 1. The molecule has 1 N–H and O–H groups in total. The van der Waals surface area contributed by atoms with Crippen molar-refractivity contribution >= 4 is 11.8 Å². The number of nitrogens with zero attached hydrogens (tertiary/aromatic N) is 2. The van der Waals surface area contributed by atoms with Crippen LogP contribution < -0.4 is 5.32 Å². The SMILES string of the molecule is CNC(=O)C1(COC)CCCN1C(=O)Cc1ccc(C#N)cc1. The van der Waals surface area contributed by atoms with Gasteiger partial charge in [-0.2, -0.15) is 5.26 Å². The van der Waals surface area contributed by atoms with Crippen molar-refractivity contribution in [3.8, 4) is 6.07 Å². The second kappa shape index (κ2) is 7.25. The molecule has 1 aliphatic heterocycles. The molecule has 1 saturated heterocycles. The highest BCUT2D eigenvalue weighted by molar-refractivity contribution is 5.92. The van der Waals surface area contributed by atoms with Crippen LogP contribution >= 0.6 is 0 Å². The van der Waals surface area contributed by atoms with Crippen molar-refractivity contribution in [3.05, 3.63) is 35.4 Å². The van der Waals surface area contributed by atoms with E-state index in [0.717, 1.165) is 12.0 Å². The van der Waals surface area contributed by atoms with Gasteiger partial charge in [0, 0.05) is 20.7 Å². The van der Waals surface area contributed by atoms with Crippen LogP contribution in [0.1, 0.15) is 24.0 Å². The van der Waals surface area contributed by atoms with E-state index >= 15 is 0 Å². The molecule has 2 rings (SSSR count). The van der Waals surface area contributed by atoms with Crippen molar-refractivity contribution in [1.29, 1.82) is 5.26 Å². The van der Waals surface area contributed by atoms with Gasteiger partial charge in [0.15, 0.2) is 0 Å². The summed E-state index contributed by atoms with van der Waals surface area (Å²) in [7, 11) is 3.10. The van der Waals surface area contributed by atoms with Gasteiger partial charge in [-0.25, -0.2) is 0 Å². The zero-order valence-corrected chi connectivity index (χ0v) is 13.5. The Hall–Kier alpha value is -2.39. The summed E-state index contributed by atoms with van der Waals surface area (Å²) in [6, 6.07) is 8.96. The Kier molecular flexibility index (Phi) is 5.35. The number of carbonyl (C=O) groups excluding carboxylic acids is 2. The lowest BCUT2D eigenvalue weighted by Crippen LogP contribution is -2.59. The minimum absolute atomic E-state index is 0.104. The Morgan fingerprint density at radius 2 is 2.09 bits per heavy atom. The van der Waals surface area contributed by atoms with Crippen molar-refractivity contribution in [1.82, 2.24) is 10.2 Å². The number of likely N-dealkylation sites (tertiary alicyclic amines) is 1. The van der Waals surface area contributed by atoms with Gasteiger partial charge in [-0.05, 0) is 30.5 Å². The van der Waals surface area contributed by atoms with Crippen LogP contribution in [0.2, 0.25) is 0 Å². The fourth-order valence-electron chi connectivity index (χ4n) is 3.13. The maximum Gasteiger partial charge on any atom is 0.248 e. The van der Waals surface area contributed by atoms with Gasteiger partial charge in [0.05, 0.1) is 24.7 Å². The molecule has 0 spiro atoms. The predicted octanol–water partition coefficient (Wildman–Crippen LogP) is 0.854. The third kappa shape index (κ3) is 3.35. The number of nitriles is 1. The molecule has 1 atom stereocenters. The highest BCUT2D eigenvalue weighted by Crippen LogP contribution is 2.31. The van der Waals surface area contributed by atoms with Crippen LogP contribution in [0.15, 0.2) is 24.3 Å². The second-order valence-electron chi connectivity index (χ2n) is 5.68. The van der Waals surface area contributed by atoms with Gasteiger partial charge < -0.3 is 15.0 Å². The molecule has 1 aromatic carbocycles. The van der Waals surface area contributed by atoms with Crippen LogP contribution in [-0.4, -0.2) is 49.6 Å². The number of nitrogens with one attached hydrogen (secondary N) is 1. The van der Waals surface area contributed by atoms with Gasteiger partial charge in [-0.1, -0.05) is 12.1 Å². The Morgan fingerprint density at radius 1 is 1.39 bits per heavy atom. The third-order valence-corrected chi connectivity index (χ3v) is 4.26. The Labute approximate surface area is 136 Å². The Balaban J connectivity index is 2.18. The van der Waals surface area contributed by atoms with Crippen LogP contribution in [0, 0.1) is 11.3 Å². The first kappa shape index (κ1) is 17.0. The molecule has 1 aromatic rings. The zero-order chi connectivity index (χ0) is 16.9. The number of ether oxygens (including phenoxy) is 1. The van der Waals surface area contributed by atoms with E-state index in [2.05, 4.69) is 11.4 Å². The summed E-state index contributed by atoms with van der Waals surface area (Å²) in [6.07, 6.45) is 1.57. The number of methoxy groups -OCH3 is 1. The molecule has 0 saturated carbocycles. The number of hydrogen-bond acceptors (Lipinski definition) is 4. The lowest BCUT2D eigenvalue weighted by molar-refractivity contribution is -0.147. The Morgan fingerprint density at radius 3 is 2.65 bits per heavy atom. The molecule has 122 valence electrons. The van der Waals surface area contributed by atoms with Gasteiger partial charge in [0.1, 0.15) is 5.54 Å². The fourth-order valence-corrected chi connectivity index (χ4v) is 3.13. The van der Waals surface area contributed by atoms with Crippen LogP contribution in [0.3, 0.4) is 0 Å². The smallest absolute Gasteiger partial charge is 0.248 e. The third-order valence-electron chi connectivity index (χ3n) is 4.26. The number of hydrogen-bond donors (Lipinski definition) is 1. The monoisotopic (exact) mass is 315 g/mol. The largest absolute Gasteiger partial charge is 0.382 e. The summed E-state index contributed by atoms with van der Waals surface area (Å²) in [4.78, 5) is 26.7. The topological polar surface area (TPSA) is 82.4 Å². The molecule has 23 heavy (non-hydrogen) atoms. The van der Waals surface area contributed by atoms with Gasteiger partial charge in [-0.3, -0.25) is 9.59 Å². The molecule has 0 aliphatic carbocycles. The number of rotatable bonds is 5. The number of carbonyl (C=O) groups is 2. The van der Waals surface area contributed by atoms with Crippen molar-refractivity contribution in [2.45, 2.75) is 24.8 Å². The molecule has 6 nitrogen and oxygen atoms in total. The number of amides is 2. The highest BCUT2D eigenvalue weighted by atomic mass is 16.5. The second-order valence-corrected chi connectivity index (χ2v) is 5.68. The van der Waals surface area contributed by atoms with Gasteiger partial charge in [0.2, 0.25) is 11.8 Å². The molecule has 1 fully saturated rings. The lowest BCUT2D eigenvalue weighted by Gasteiger charge is -2.36. The van der Waals surface area contributed by atoms with Crippen LogP contribution in [0.25, 0.3) is 0 Å². The fraction of sp³-hybridized carbons (Fsp3) is 0.471. The molecule has 6 heteroatoms. The molecule has 0 bridgehead atoms. The zero-order valence-electron chi connectivity index (χ0n) is 13.5. The minimum atomic E-state index is -0.923. The molecule has 1 aliphatic rings. The summed E-state index contributed by atoms with van der Waals surface area (Å²) in [5, 5.41) is 11.5. The van der Waals surface area contributed by atoms with Gasteiger partial charge in [-0.15, -0.1) is 0 Å². The standard InChI is InChI=1S/C17H21N3O3/c1-19-16(22)17(12-23-2)8-3-9-20(17)15(21)10-13-4-6-14(11-18)7-5-13/h4-7H,3,8-10,12H2,1-2H3,(H,19,22). The predicted molar refractivity (Wildman–Crippen MR) is 84.5 cm³/mol. The average Bonchev–Trinajstić information content (AvgIpc) is 3.00. The number of likely N-dealkylation sites (N-methyl/N-ethyl adjacent to an activating group) is 1. The first-order valence-electron chi connectivity index (χ1n) is 7.58. The van der Waals surface area contributed by atoms with Crippen LogP contribution in [0.5, 0.6) is 0 Å². The summed E-state index contributed by atoms with van der Waals surface area (Å²) in [6.45, 7) is 0.734. The van der Waals surface area contributed by atoms with E-state index in [1.807, 2.05) is 0 Å². The van der Waals surface area contributed by atoms with E-state index in [-0.39, 0.29) is 24.8 Å². The highest BCUT2D eigenvalue weighted by Gasteiger charge is 2.49. The summed E-state index contributed by atoms with van der Waals surface area (Å²) in [5.41, 5.74) is 0.457. The van der Waals surface area contributed by atoms with E-state index in [4.69, 9.17) is 10.00 Å². The average molecular weight is 315 g/mol. The normalized spacial score (nSPS) is 20.1. The van der Waals surface area contributed by atoms with Gasteiger partial charge >= 0.3 is 0 Å². The van der Waals surface area contributed by atoms with E-state index in [1.54, 1.807) is 36.2 Å². The first-order chi connectivity index (χ1) is 11.1.